The van der Waals surface area contributed by atoms with E-state index in [2.05, 4.69) is 128 Å². The zero-order valence-corrected chi connectivity index (χ0v) is 21.9. The molecular formula is C36H28N2. The molecule has 0 spiro atoms. The smallest absolute Gasteiger partial charge is 0.0991 e. The number of benzene rings is 5. The minimum absolute atomic E-state index is 0.0313. The number of fused-ring (bicyclic) bond motifs is 6. The molecule has 6 aromatic rings. The lowest BCUT2D eigenvalue weighted by atomic mass is 9.69. The van der Waals surface area contributed by atoms with Crippen LogP contribution in [0.1, 0.15) is 36.1 Å². The highest BCUT2D eigenvalue weighted by atomic mass is 15.0. The molecule has 38 heavy (non-hydrogen) atoms. The highest BCUT2D eigenvalue weighted by Crippen LogP contribution is 2.44. The van der Waals surface area contributed by atoms with Crippen LogP contribution in [0.15, 0.2) is 103 Å². The summed E-state index contributed by atoms with van der Waals surface area (Å²) in [6, 6.07) is 39.6. The maximum atomic E-state index is 9.44. The minimum Gasteiger partial charge on any atom is -0.309 e. The van der Waals surface area contributed by atoms with Crippen molar-refractivity contribution in [1.29, 1.82) is 5.26 Å². The van der Waals surface area contributed by atoms with E-state index in [1.165, 1.54) is 66.4 Å². The average molecular weight is 489 g/mol. The highest BCUT2D eigenvalue weighted by Gasteiger charge is 2.31. The van der Waals surface area contributed by atoms with Crippen LogP contribution < -0.4 is 0 Å². The molecule has 7 rings (SSSR count). The standard InChI is InChI=1S/C36H28N2/c1-23-11-14-32-31-9-4-5-10-34(31)38(35(32)17-23)28-8-6-7-25(20-28)26-13-16-29-27(19-26)21-36(2,3)33-18-24(22-37)12-15-30(29)33/h4-20H,21H2,1-3H3. The van der Waals surface area contributed by atoms with E-state index in [-0.39, 0.29) is 5.41 Å². The number of para-hydroxylation sites is 1. The van der Waals surface area contributed by atoms with Crippen LogP contribution in [0.25, 0.3) is 49.7 Å². The summed E-state index contributed by atoms with van der Waals surface area (Å²) in [5.74, 6) is 0. The number of nitrogens with zero attached hydrogens (tertiary/aromatic N) is 2. The Morgan fingerprint density at radius 2 is 1.50 bits per heavy atom. The first-order valence-corrected chi connectivity index (χ1v) is 13.2. The van der Waals surface area contributed by atoms with Crippen molar-refractivity contribution in [2.45, 2.75) is 32.6 Å². The Hall–Kier alpha value is -4.61. The number of hydrogen-bond donors (Lipinski definition) is 0. The van der Waals surface area contributed by atoms with E-state index in [1.807, 2.05) is 6.07 Å². The van der Waals surface area contributed by atoms with Crippen molar-refractivity contribution < 1.29 is 0 Å². The van der Waals surface area contributed by atoms with Crippen molar-refractivity contribution in [3.63, 3.8) is 0 Å². The van der Waals surface area contributed by atoms with Crippen LogP contribution >= 0.6 is 0 Å². The Balaban J connectivity index is 1.38. The number of aryl methyl sites for hydroxylation is 1. The molecule has 0 bridgehead atoms. The Bertz CT molecular complexity index is 1940. The molecule has 1 aliphatic carbocycles. The van der Waals surface area contributed by atoms with E-state index in [9.17, 15) is 5.26 Å². The van der Waals surface area contributed by atoms with Crippen LogP contribution in [0, 0.1) is 18.3 Å². The molecule has 182 valence electrons. The summed E-state index contributed by atoms with van der Waals surface area (Å²) in [6.45, 7) is 6.73. The van der Waals surface area contributed by atoms with Crippen molar-refractivity contribution in [2.75, 3.05) is 0 Å². The molecule has 0 fully saturated rings. The largest absolute Gasteiger partial charge is 0.309 e. The Morgan fingerprint density at radius 1 is 0.711 bits per heavy atom. The molecule has 0 aliphatic heterocycles. The monoisotopic (exact) mass is 488 g/mol. The first kappa shape index (κ1) is 22.6. The van der Waals surface area contributed by atoms with Gasteiger partial charge in [0.2, 0.25) is 0 Å². The Labute approximate surface area is 223 Å². The first-order valence-electron chi connectivity index (χ1n) is 13.2. The van der Waals surface area contributed by atoms with Gasteiger partial charge in [-0.3, -0.25) is 0 Å². The van der Waals surface area contributed by atoms with Crippen LogP contribution in [0.2, 0.25) is 0 Å². The van der Waals surface area contributed by atoms with Crippen LogP contribution in [-0.2, 0) is 11.8 Å². The molecule has 0 radical (unpaired) electrons. The highest BCUT2D eigenvalue weighted by molar-refractivity contribution is 6.09. The van der Waals surface area contributed by atoms with Crippen LogP contribution in [0.3, 0.4) is 0 Å². The van der Waals surface area contributed by atoms with Crippen molar-refractivity contribution in [3.05, 3.63) is 125 Å². The Morgan fingerprint density at radius 3 is 2.37 bits per heavy atom. The summed E-state index contributed by atoms with van der Waals surface area (Å²) in [6.07, 6.45) is 0.948. The van der Waals surface area contributed by atoms with E-state index in [1.54, 1.807) is 0 Å². The lowest BCUT2D eigenvalue weighted by molar-refractivity contribution is 0.517. The van der Waals surface area contributed by atoms with Gasteiger partial charge in [0.1, 0.15) is 0 Å². The molecule has 2 heteroatoms. The van der Waals surface area contributed by atoms with E-state index in [4.69, 9.17) is 0 Å². The molecule has 5 aromatic carbocycles. The van der Waals surface area contributed by atoms with Crippen molar-refractivity contribution >= 4 is 21.8 Å². The second-order valence-corrected chi connectivity index (χ2v) is 11.2. The molecule has 0 amide bonds. The molecule has 2 nitrogen and oxygen atoms in total. The van der Waals surface area contributed by atoms with Gasteiger partial charge in [0.15, 0.2) is 0 Å². The molecular weight excluding hydrogens is 460 g/mol. The fourth-order valence-corrected chi connectivity index (χ4v) is 6.35. The molecule has 1 heterocycles. The van der Waals surface area contributed by atoms with Gasteiger partial charge >= 0.3 is 0 Å². The number of aromatic nitrogens is 1. The van der Waals surface area contributed by atoms with Crippen molar-refractivity contribution in [1.82, 2.24) is 4.57 Å². The fourth-order valence-electron chi connectivity index (χ4n) is 6.35. The lowest BCUT2D eigenvalue weighted by Crippen LogP contribution is -2.25. The van der Waals surface area contributed by atoms with Gasteiger partial charge in [-0.05, 0) is 94.1 Å². The Kier molecular flexibility index (Phi) is 4.87. The molecule has 1 aliphatic rings. The normalized spacial score (nSPS) is 13.7. The maximum absolute atomic E-state index is 9.44. The topological polar surface area (TPSA) is 28.7 Å². The zero-order valence-electron chi connectivity index (χ0n) is 21.9. The summed E-state index contributed by atoms with van der Waals surface area (Å²) in [5.41, 5.74) is 13.2. The predicted molar refractivity (Wildman–Crippen MR) is 158 cm³/mol. The first-order chi connectivity index (χ1) is 18.4. The molecule has 0 saturated heterocycles. The number of hydrogen-bond acceptors (Lipinski definition) is 1. The van der Waals surface area contributed by atoms with Gasteiger partial charge in [-0.25, -0.2) is 0 Å². The third kappa shape index (κ3) is 3.40. The molecule has 0 unspecified atom stereocenters. The van der Waals surface area contributed by atoms with Crippen LogP contribution in [0.5, 0.6) is 0 Å². The number of rotatable bonds is 2. The van der Waals surface area contributed by atoms with E-state index in [0.717, 1.165) is 12.0 Å². The van der Waals surface area contributed by atoms with E-state index in [0.29, 0.717) is 0 Å². The average Bonchev–Trinajstić information content (AvgIpc) is 3.25. The lowest BCUT2D eigenvalue weighted by Gasteiger charge is -2.34. The van der Waals surface area contributed by atoms with Crippen molar-refractivity contribution in [2.24, 2.45) is 0 Å². The summed E-state index contributed by atoms with van der Waals surface area (Å²) < 4.78 is 2.39. The molecule has 1 aromatic heterocycles. The van der Waals surface area contributed by atoms with Gasteiger partial charge in [0, 0.05) is 16.5 Å². The van der Waals surface area contributed by atoms with E-state index < -0.39 is 0 Å². The molecule has 0 atom stereocenters. The summed E-state index contributed by atoms with van der Waals surface area (Å²) in [4.78, 5) is 0. The summed E-state index contributed by atoms with van der Waals surface area (Å²) in [5, 5.41) is 12.0. The van der Waals surface area contributed by atoms with Crippen LogP contribution in [-0.4, -0.2) is 4.57 Å². The van der Waals surface area contributed by atoms with Crippen molar-refractivity contribution in [3.8, 4) is 34.0 Å². The zero-order chi connectivity index (χ0) is 26.0. The van der Waals surface area contributed by atoms with Gasteiger partial charge in [-0.15, -0.1) is 0 Å². The van der Waals surface area contributed by atoms with Gasteiger partial charge in [0.25, 0.3) is 0 Å². The molecule has 0 N–H and O–H groups in total. The minimum atomic E-state index is -0.0313. The third-order valence-electron chi connectivity index (χ3n) is 8.17. The molecule has 0 saturated carbocycles. The summed E-state index contributed by atoms with van der Waals surface area (Å²) >= 11 is 0. The van der Waals surface area contributed by atoms with Gasteiger partial charge in [-0.1, -0.05) is 80.6 Å². The van der Waals surface area contributed by atoms with Gasteiger partial charge in [-0.2, -0.15) is 5.26 Å². The quantitative estimate of drug-likeness (QED) is 0.239. The number of nitriles is 1. The van der Waals surface area contributed by atoms with Gasteiger partial charge < -0.3 is 4.57 Å². The predicted octanol–water partition coefficient (Wildman–Crippen LogP) is 9.13. The van der Waals surface area contributed by atoms with E-state index >= 15 is 0 Å². The summed E-state index contributed by atoms with van der Waals surface area (Å²) in [7, 11) is 0. The third-order valence-corrected chi connectivity index (χ3v) is 8.17. The van der Waals surface area contributed by atoms with Crippen LogP contribution in [0.4, 0.5) is 0 Å². The fraction of sp³-hybridized carbons (Fsp3) is 0.139. The second-order valence-electron chi connectivity index (χ2n) is 11.2. The SMILES string of the molecule is Cc1ccc2c3ccccc3n(-c3cccc(-c4ccc5c(c4)CC(C)(C)c4cc(C#N)ccc4-5)c3)c2c1. The van der Waals surface area contributed by atoms with Gasteiger partial charge in [0.05, 0.1) is 22.7 Å². The second kappa shape index (κ2) is 8.20. The maximum Gasteiger partial charge on any atom is 0.0991 e.